The molecule has 1 fully saturated rings. The number of allylic oxidation sites excluding steroid dienone is 1. The predicted molar refractivity (Wildman–Crippen MR) is 180 cm³/mol. The first-order valence-electron chi connectivity index (χ1n) is 15.3. The van der Waals surface area contributed by atoms with Crippen LogP contribution in [0.5, 0.6) is 0 Å². The summed E-state index contributed by atoms with van der Waals surface area (Å²) >= 11 is 0. The van der Waals surface area contributed by atoms with E-state index >= 15 is 0 Å². The first-order valence-corrected chi connectivity index (χ1v) is 15.3. The summed E-state index contributed by atoms with van der Waals surface area (Å²) in [5, 5.41) is 6.67. The van der Waals surface area contributed by atoms with Crippen LogP contribution >= 0.6 is 0 Å². The molecule has 7 heteroatoms. The Bertz CT molecular complexity index is 1110. The summed E-state index contributed by atoms with van der Waals surface area (Å²) in [7, 11) is 4.24. The minimum absolute atomic E-state index is 0. The molecule has 2 atom stereocenters. The van der Waals surface area contributed by atoms with E-state index in [1.165, 1.54) is 5.56 Å². The Labute approximate surface area is 252 Å². The molecule has 2 aromatic carbocycles. The van der Waals surface area contributed by atoms with Gasteiger partial charge in [-0.15, -0.1) is 0 Å². The zero-order valence-electron chi connectivity index (χ0n) is 26.9. The second-order valence-corrected chi connectivity index (χ2v) is 11.1. The molecule has 0 aliphatic carbocycles. The molecule has 1 heterocycles. The minimum atomic E-state index is -0.0931. The van der Waals surface area contributed by atoms with E-state index in [0.717, 1.165) is 56.2 Å². The number of piperazine rings is 1. The molecule has 41 heavy (non-hydrogen) atoms. The summed E-state index contributed by atoms with van der Waals surface area (Å²) in [6.07, 6.45) is 4.09. The van der Waals surface area contributed by atoms with Crippen molar-refractivity contribution in [3.8, 4) is 0 Å². The fourth-order valence-corrected chi connectivity index (χ4v) is 4.49. The highest BCUT2D eigenvalue weighted by molar-refractivity contribution is 6.04. The van der Waals surface area contributed by atoms with Gasteiger partial charge in [-0.2, -0.15) is 0 Å². The number of amides is 1. The van der Waals surface area contributed by atoms with Crippen molar-refractivity contribution < 1.29 is 7.65 Å². The van der Waals surface area contributed by atoms with E-state index in [0.29, 0.717) is 11.5 Å². The molecule has 1 amide bonds. The number of carbonyl (C=O) groups is 1. The van der Waals surface area contributed by atoms with E-state index in [2.05, 4.69) is 98.4 Å². The van der Waals surface area contributed by atoms with Crippen LogP contribution in [-0.2, 0) is 6.54 Å². The Morgan fingerprint density at radius 1 is 1.05 bits per heavy atom. The second-order valence-electron chi connectivity index (χ2n) is 11.1. The third kappa shape index (κ3) is 11.8. The molecular formula is C34H58N6O. The van der Waals surface area contributed by atoms with Gasteiger partial charge >= 0.3 is 0 Å². The van der Waals surface area contributed by atoms with Crippen molar-refractivity contribution in [1.29, 1.82) is 0 Å². The average Bonchev–Trinajstić information content (AvgIpc) is 2.97. The van der Waals surface area contributed by atoms with Crippen LogP contribution in [0, 0.1) is 5.92 Å². The molecule has 0 aromatic heterocycles. The summed E-state index contributed by atoms with van der Waals surface area (Å²) in [6, 6.07) is 16.2. The average molecular weight is 567 g/mol. The molecular weight excluding hydrogens is 508 g/mol. The van der Waals surface area contributed by atoms with Crippen LogP contribution in [0.2, 0.25) is 0 Å². The van der Waals surface area contributed by atoms with Gasteiger partial charge < -0.3 is 20.4 Å². The Morgan fingerprint density at radius 2 is 1.71 bits per heavy atom. The molecule has 1 unspecified atom stereocenters. The topological polar surface area (TPSA) is 63.2 Å². The number of nitrogens with zero attached hydrogens (tertiary/aromatic N) is 4. The Kier molecular flexibility index (Phi) is 14.8. The normalized spacial score (nSPS) is 16.3. The highest BCUT2D eigenvalue weighted by Crippen LogP contribution is 2.19. The lowest BCUT2D eigenvalue weighted by Gasteiger charge is -2.32. The zero-order chi connectivity index (χ0) is 30.4. The Balaban J connectivity index is 0.00000432. The van der Waals surface area contributed by atoms with Crippen molar-refractivity contribution in [3.05, 3.63) is 77.1 Å². The van der Waals surface area contributed by atoms with Gasteiger partial charge in [0.15, 0.2) is 0 Å². The first kappa shape index (κ1) is 34.2. The molecule has 2 aromatic rings. The third-order valence-corrected chi connectivity index (χ3v) is 7.27. The van der Waals surface area contributed by atoms with Crippen LogP contribution in [0.1, 0.15) is 78.8 Å². The summed E-state index contributed by atoms with van der Waals surface area (Å²) in [4.78, 5) is 24.7. The van der Waals surface area contributed by atoms with Crippen molar-refractivity contribution in [3.63, 3.8) is 0 Å². The smallest absolute Gasteiger partial charge is 0.255 e. The molecule has 7 nitrogen and oxygen atoms in total. The van der Waals surface area contributed by atoms with Gasteiger partial charge in [-0.3, -0.25) is 14.7 Å². The van der Waals surface area contributed by atoms with Gasteiger partial charge in [0.05, 0.1) is 5.70 Å². The molecule has 1 aliphatic heterocycles. The Morgan fingerprint density at radius 3 is 2.32 bits per heavy atom. The van der Waals surface area contributed by atoms with E-state index in [-0.39, 0.29) is 20.8 Å². The Hall–Kier alpha value is -3.00. The quantitative estimate of drug-likeness (QED) is 0.278. The number of hydrogen-bond donors (Lipinski definition) is 2. The SMILES string of the molecule is CC.CCN(C)/C=C(/N=CC(C)N[C@@H](C)c1cccc(NC(=O)c2ccc(CN3CCN(C)CC3)cc2)c1)C(C)C.[HH].[HH]. The van der Waals surface area contributed by atoms with E-state index in [4.69, 9.17) is 4.99 Å². The first-order chi connectivity index (χ1) is 19.6. The van der Waals surface area contributed by atoms with E-state index in [9.17, 15) is 4.79 Å². The number of nitrogens with one attached hydrogen (secondary N) is 2. The third-order valence-electron chi connectivity index (χ3n) is 7.27. The molecule has 1 saturated heterocycles. The van der Waals surface area contributed by atoms with E-state index in [1.54, 1.807) is 0 Å². The van der Waals surface area contributed by atoms with Crippen molar-refractivity contribution >= 4 is 17.8 Å². The number of rotatable bonds is 12. The predicted octanol–water partition coefficient (Wildman–Crippen LogP) is 6.76. The van der Waals surface area contributed by atoms with Gasteiger partial charge in [-0.25, -0.2) is 0 Å². The second kappa shape index (κ2) is 17.7. The summed E-state index contributed by atoms with van der Waals surface area (Å²) < 4.78 is 0. The summed E-state index contributed by atoms with van der Waals surface area (Å²) in [6.45, 7) is 21.0. The van der Waals surface area contributed by atoms with Gasteiger partial charge in [0.25, 0.3) is 5.91 Å². The minimum Gasteiger partial charge on any atom is -0.379 e. The van der Waals surface area contributed by atoms with Gasteiger partial charge in [0, 0.05) is 84.9 Å². The molecule has 0 spiro atoms. The number of likely N-dealkylation sites (N-methyl/N-ethyl adjacent to an activating group) is 1. The number of hydrogen-bond acceptors (Lipinski definition) is 6. The standard InChI is InChI=1S/C32H48N6O.C2H6.2H2/c1-8-36(6)23-31(24(2)3)33-21-25(4)34-26(5)29-10-9-11-30(20-29)35-32(39)28-14-12-27(13-15-28)22-38-18-16-37(7)17-19-38;1-2;;/h9-15,20-21,23-26,34H,8,16-19,22H2,1-7H3,(H,35,39);1-2H3;2*1H/b31-23+,33-21?;;;/t25?,26-;;;/m0.../s1. The van der Waals surface area contributed by atoms with E-state index in [1.807, 2.05) is 50.4 Å². The van der Waals surface area contributed by atoms with E-state index < -0.39 is 0 Å². The van der Waals surface area contributed by atoms with Crippen molar-refractivity contribution in [2.75, 3.05) is 52.1 Å². The number of aliphatic imine (C=N–C) groups is 1. The van der Waals surface area contributed by atoms with Crippen LogP contribution in [0.4, 0.5) is 5.69 Å². The molecule has 3 rings (SSSR count). The van der Waals surface area contributed by atoms with Crippen molar-refractivity contribution in [1.82, 2.24) is 20.0 Å². The maximum atomic E-state index is 12.9. The van der Waals surface area contributed by atoms with Gasteiger partial charge in [0.2, 0.25) is 0 Å². The van der Waals surface area contributed by atoms with Crippen molar-refractivity contribution in [2.24, 2.45) is 10.9 Å². The monoisotopic (exact) mass is 566 g/mol. The summed E-state index contributed by atoms with van der Waals surface area (Å²) in [5.74, 6) is 0.262. The van der Waals surface area contributed by atoms with Crippen LogP contribution in [0.3, 0.4) is 0 Å². The lowest BCUT2D eigenvalue weighted by molar-refractivity contribution is 0.102. The summed E-state index contributed by atoms with van der Waals surface area (Å²) in [5.41, 5.74) is 4.88. The van der Waals surface area contributed by atoms with Crippen molar-refractivity contribution in [2.45, 2.75) is 67.1 Å². The van der Waals surface area contributed by atoms with Crippen LogP contribution in [-0.4, -0.2) is 79.7 Å². The number of carbonyl (C=O) groups excluding carboxylic acids is 1. The van der Waals surface area contributed by atoms with Crippen LogP contribution in [0.25, 0.3) is 0 Å². The number of benzene rings is 2. The molecule has 0 bridgehead atoms. The highest BCUT2D eigenvalue weighted by Gasteiger charge is 2.15. The van der Waals surface area contributed by atoms with Gasteiger partial charge in [-0.05, 0) is 69.1 Å². The molecule has 0 radical (unpaired) electrons. The molecule has 1 aliphatic rings. The molecule has 230 valence electrons. The molecule has 0 saturated carbocycles. The fraction of sp³-hybridized carbons (Fsp3) is 0.529. The van der Waals surface area contributed by atoms with Crippen LogP contribution in [0.15, 0.2) is 65.4 Å². The fourth-order valence-electron chi connectivity index (χ4n) is 4.49. The lowest BCUT2D eigenvalue weighted by atomic mass is 10.1. The lowest BCUT2D eigenvalue weighted by Crippen LogP contribution is -2.43. The largest absolute Gasteiger partial charge is 0.379 e. The van der Waals surface area contributed by atoms with Gasteiger partial charge in [0.1, 0.15) is 0 Å². The maximum absolute atomic E-state index is 12.9. The highest BCUT2D eigenvalue weighted by atomic mass is 16.1. The number of anilines is 1. The van der Waals surface area contributed by atoms with Gasteiger partial charge in [-0.1, -0.05) is 52.0 Å². The van der Waals surface area contributed by atoms with Crippen LogP contribution < -0.4 is 10.6 Å². The zero-order valence-corrected chi connectivity index (χ0v) is 26.9. The maximum Gasteiger partial charge on any atom is 0.255 e. The molecule has 2 N–H and O–H groups in total.